The highest BCUT2D eigenvalue weighted by Gasteiger charge is 2.27. The Kier molecular flexibility index (Phi) is 4.75. The Bertz CT molecular complexity index is 459. The van der Waals surface area contributed by atoms with Crippen molar-refractivity contribution in [2.45, 2.75) is 31.1 Å². The number of likely N-dealkylation sites (tertiary alicyclic amines) is 1. The first-order chi connectivity index (χ1) is 9.09. The maximum atomic E-state index is 13.6. The molecule has 0 saturated carbocycles. The summed E-state index contributed by atoms with van der Waals surface area (Å²) in [5.74, 6) is -1.58. The van der Waals surface area contributed by atoms with Crippen molar-refractivity contribution in [1.82, 2.24) is 4.90 Å². The zero-order valence-corrected chi connectivity index (χ0v) is 11.3. The van der Waals surface area contributed by atoms with Gasteiger partial charge in [-0.2, -0.15) is 0 Å². The van der Waals surface area contributed by atoms with Gasteiger partial charge in [-0.05, 0) is 31.0 Å². The summed E-state index contributed by atoms with van der Waals surface area (Å²) >= 11 is 6.02. The number of carbonyl (C=O) groups excluding carboxylic acids is 1. The first kappa shape index (κ1) is 14.3. The van der Waals surface area contributed by atoms with Gasteiger partial charge in [0, 0.05) is 18.7 Å². The summed E-state index contributed by atoms with van der Waals surface area (Å²) in [6.45, 7) is 1.28. The number of amides is 1. The lowest BCUT2D eigenvalue weighted by Gasteiger charge is -2.23. The Labute approximate surface area is 116 Å². The van der Waals surface area contributed by atoms with Crippen LogP contribution < -0.4 is 0 Å². The van der Waals surface area contributed by atoms with Gasteiger partial charge >= 0.3 is 0 Å². The molecular formula is C14H16ClF2NO. The molecule has 104 valence electrons. The summed E-state index contributed by atoms with van der Waals surface area (Å²) in [6, 6.07) is 3.00. The molecule has 1 unspecified atom stereocenters. The summed E-state index contributed by atoms with van der Waals surface area (Å²) in [6.07, 6.45) is 4.04. The number of hydrogen-bond donors (Lipinski definition) is 0. The molecule has 2 nitrogen and oxygen atoms in total. The molecule has 0 bridgehead atoms. The average molecular weight is 288 g/mol. The van der Waals surface area contributed by atoms with Crippen LogP contribution in [0, 0.1) is 11.6 Å². The molecule has 1 aliphatic heterocycles. The molecule has 1 aromatic carbocycles. The Balaban J connectivity index is 2.15. The molecule has 1 heterocycles. The molecule has 1 fully saturated rings. The van der Waals surface area contributed by atoms with Crippen molar-refractivity contribution >= 4 is 17.5 Å². The molecule has 0 radical (unpaired) electrons. The maximum Gasteiger partial charge on any atom is 0.245 e. The van der Waals surface area contributed by atoms with E-state index in [1.165, 1.54) is 0 Å². The van der Waals surface area contributed by atoms with Gasteiger partial charge in [-0.1, -0.05) is 12.8 Å². The fourth-order valence-electron chi connectivity index (χ4n) is 2.29. The predicted molar refractivity (Wildman–Crippen MR) is 70.0 cm³/mol. The van der Waals surface area contributed by atoms with Gasteiger partial charge in [0.15, 0.2) is 0 Å². The number of nitrogens with zero attached hydrogens (tertiary/aromatic N) is 1. The molecule has 5 heteroatoms. The second-order valence-electron chi connectivity index (χ2n) is 4.77. The summed E-state index contributed by atoms with van der Waals surface area (Å²) in [7, 11) is 0. The summed E-state index contributed by atoms with van der Waals surface area (Å²) in [4.78, 5) is 13.9. The van der Waals surface area contributed by atoms with Gasteiger partial charge in [0.2, 0.25) is 5.91 Å². The third-order valence-corrected chi connectivity index (χ3v) is 3.79. The molecular weight excluding hydrogens is 272 g/mol. The lowest BCUT2D eigenvalue weighted by molar-refractivity contribution is -0.130. The van der Waals surface area contributed by atoms with E-state index in [1.54, 1.807) is 4.90 Å². The normalized spacial score (nSPS) is 17.9. The predicted octanol–water partition coefficient (Wildman–Crippen LogP) is 3.65. The van der Waals surface area contributed by atoms with Gasteiger partial charge < -0.3 is 4.90 Å². The largest absolute Gasteiger partial charge is 0.341 e. The summed E-state index contributed by atoms with van der Waals surface area (Å²) in [5, 5.41) is -1.16. The van der Waals surface area contributed by atoms with E-state index < -0.39 is 17.0 Å². The van der Waals surface area contributed by atoms with Crippen molar-refractivity contribution in [2.75, 3.05) is 13.1 Å². The highest BCUT2D eigenvalue weighted by molar-refractivity contribution is 6.30. The Hall–Kier alpha value is -1.16. The molecule has 1 aromatic rings. The Morgan fingerprint density at radius 1 is 1.16 bits per heavy atom. The number of hydrogen-bond acceptors (Lipinski definition) is 1. The Morgan fingerprint density at radius 2 is 1.79 bits per heavy atom. The second-order valence-corrected chi connectivity index (χ2v) is 5.20. The number of rotatable bonds is 2. The van der Waals surface area contributed by atoms with Crippen LogP contribution in [0.3, 0.4) is 0 Å². The lowest BCUT2D eigenvalue weighted by atomic mass is 10.1. The fraction of sp³-hybridized carbons (Fsp3) is 0.500. The van der Waals surface area contributed by atoms with Crippen LogP contribution in [0.5, 0.6) is 0 Å². The van der Waals surface area contributed by atoms with E-state index in [1.807, 2.05) is 0 Å². The molecule has 1 atom stereocenters. The van der Waals surface area contributed by atoms with E-state index >= 15 is 0 Å². The van der Waals surface area contributed by atoms with Gasteiger partial charge in [-0.3, -0.25) is 4.79 Å². The van der Waals surface area contributed by atoms with E-state index in [0.29, 0.717) is 13.1 Å². The maximum absolute atomic E-state index is 13.6. The van der Waals surface area contributed by atoms with Crippen molar-refractivity contribution in [2.24, 2.45) is 0 Å². The summed E-state index contributed by atoms with van der Waals surface area (Å²) < 4.78 is 26.7. The van der Waals surface area contributed by atoms with Crippen LogP contribution in [0.2, 0.25) is 0 Å². The zero-order valence-electron chi connectivity index (χ0n) is 10.5. The Morgan fingerprint density at radius 3 is 2.42 bits per heavy atom. The first-order valence-corrected chi connectivity index (χ1v) is 6.91. The fourth-order valence-corrected chi connectivity index (χ4v) is 2.60. The third-order valence-electron chi connectivity index (χ3n) is 3.37. The van der Waals surface area contributed by atoms with Crippen molar-refractivity contribution < 1.29 is 13.6 Å². The van der Waals surface area contributed by atoms with E-state index in [2.05, 4.69) is 0 Å². The topological polar surface area (TPSA) is 20.3 Å². The van der Waals surface area contributed by atoms with Crippen LogP contribution in [-0.2, 0) is 4.79 Å². The first-order valence-electron chi connectivity index (χ1n) is 6.47. The number of alkyl halides is 1. The quantitative estimate of drug-likeness (QED) is 0.761. The molecule has 0 aromatic heterocycles. The van der Waals surface area contributed by atoms with Crippen molar-refractivity contribution in [3.05, 3.63) is 35.4 Å². The van der Waals surface area contributed by atoms with Crippen molar-refractivity contribution in [3.8, 4) is 0 Å². The smallest absolute Gasteiger partial charge is 0.245 e. The molecule has 0 N–H and O–H groups in total. The van der Waals surface area contributed by atoms with Gasteiger partial charge in [-0.25, -0.2) is 8.78 Å². The van der Waals surface area contributed by atoms with Gasteiger partial charge in [0.25, 0.3) is 0 Å². The van der Waals surface area contributed by atoms with Crippen molar-refractivity contribution in [3.63, 3.8) is 0 Å². The van der Waals surface area contributed by atoms with Crippen molar-refractivity contribution in [1.29, 1.82) is 0 Å². The lowest BCUT2D eigenvalue weighted by Crippen LogP contribution is -2.34. The molecule has 0 spiro atoms. The molecule has 19 heavy (non-hydrogen) atoms. The van der Waals surface area contributed by atoms with E-state index in [0.717, 1.165) is 43.9 Å². The van der Waals surface area contributed by atoms with Gasteiger partial charge in [0.1, 0.15) is 17.0 Å². The zero-order chi connectivity index (χ0) is 13.8. The van der Waals surface area contributed by atoms with Gasteiger partial charge in [0.05, 0.1) is 0 Å². The molecule has 1 aliphatic rings. The summed E-state index contributed by atoms with van der Waals surface area (Å²) in [5.41, 5.74) is -0.0871. The van der Waals surface area contributed by atoms with Crippen LogP contribution in [0.4, 0.5) is 8.78 Å². The second kappa shape index (κ2) is 6.33. The average Bonchev–Trinajstić information content (AvgIpc) is 2.69. The minimum atomic E-state index is -1.16. The highest BCUT2D eigenvalue weighted by atomic mass is 35.5. The SMILES string of the molecule is O=C(C(Cl)c1cc(F)ccc1F)N1CCCCCC1. The monoisotopic (exact) mass is 287 g/mol. The molecule has 1 saturated heterocycles. The van der Waals surface area contributed by atoms with Crippen LogP contribution in [-0.4, -0.2) is 23.9 Å². The van der Waals surface area contributed by atoms with Gasteiger partial charge in [-0.15, -0.1) is 11.6 Å². The minimum absolute atomic E-state index is 0.0871. The van der Waals surface area contributed by atoms with E-state index in [9.17, 15) is 13.6 Å². The van der Waals surface area contributed by atoms with Crippen LogP contribution in [0.25, 0.3) is 0 Å². The molecule has 0 aliphatic carbocycles. The molecule has 2 rings (SSSR count). The third kappa shape index (κ3) is 3.44. The highest BCUT2D eigenvalue weighted by Crippen LogP contribution is 2.27. The standard InChI is InChI=1S/C14H16ClF2NO/c15-13(11-9-10(16)5-6-12(11)17)14(19)18-7-3-1-2-4-8-18/h5-6,9,13H,1-4,7-8H2. The number of benzene rings is 1. The number of carbonyl (C=O) groups is 1. The number of halogens is 3. The minimum Gasteiger partial charge on any atom is -0.341 e. The van der Waals surface area contributed by atoms with Crippen LogP contribution in [0.15, 0.2) is 18.2 Å². The van der Waals surface area contributed by atoms with Crippen LogP contribution in [0.1, 0.15) is 36.6 Å². The van der Waals surface area contributed by atoms with E-state index in [4.69, 9.17) is 11.6 Å². The van der Waals surface area contributed by atoms with Crippen LogP contribution >= 0.6 is 11.6 Å². The molecule has 1 amide bonds. The van der Waals surface area contributed by atoms with E-state index in [-0.39, 0.29) is 11.5 Å².